The van der Waals surface area contributed by atoms with E-state index in [-0.39, 0.29) is 18.2 Å². The van der Waals surface area contributed by atoms with Gasteiger partial charge in [0.05, 0.1) is 6.04 Å². The maximum Gasteiger partial charge on any atom is 0.411 e. The van der Waals surface area contributed by atoms with Crippen molar-refractivity contribution in [3.05, 3.63) is 0 Å². The van der Waals surface area contributed by atoms with Crippen molar-refractivity contribution in [2.45, 2.75) is 51.8 Å². The molecule has 16 heavy (non-hydrogen) atoms. The maximum atomic E-state index is 12.0. The van der Waals surface area contributed by atoms with E-state index in [1.807, 2.05) is 20.8 Å². The highest BCUT2D eigenvalue weighted by Gasteiger charge is 2.60. The fourth-order valence-electron chi connectivity index (χ4n) is 2.64. The van der Waals surface area contributed by atoms with Crippen LogP contribution in [0.3, 0.4) is 0 Å². The van der Waals surface area contributed by atoms with Gasteiger partial charge in [-0.05, 0) is 39.0 Å². The molecule has 0 N–H and O–H groups in total. The number of ether oxygens (including phenoxy) is 1. The first-order valence-corrected chi connectivity index (χ1v) is 5.82. The Balaban J connectivity index is 2.07. The molecule has 0 spiro atoms. The summed E-state index contributed by atoms with van der Waals surface area (Å²) in [6, 6.07) is -0.0499. The Kier molecular flexibility index (Phi) is 2.48. The maximum absolute atomic E-state index is 12.0. The van der Waals surface area contributed by atoms with Gasteiger partial charge in [-0.25, -0.2) is 4.79 Å². The second-order valence-corrected chi connectivity index (χ2v) is 5.84. The Morgan fingerprint density at radius 1 is 1.44 bits per heavy atom. The number of nitrogens with zero attached hydrogens (tertiary/aromatic N) is 1. The van der Waals surface area contributed by atoms with Crippen LogP contribution in [0.5, 0.6) is 0 Å². The minimum atomic E-state index is -0.499. The van der Waals surface area contributed by atoms with E-state index in [2.05, 4.69) is 6.92 Å². The SMILES string of the molecule is C[C@H]1C2C[C@@H](C=O)N(C(=O)OC(C)(C)C)C21. The van der Waals surface area contributed by atoms with Crippen LogP contribution in [0.2, 0.25) is 0 Å². The Morgan fingerprint density at radius 3 is 2.56 bits per heavy atom. The molecule has 0 aromatic heterocycles. The van der Waals surface area contributed by atoms with E-state index in [0.29, 0.717) is 11.8 Å². The molecule has 4 heteroatoms. The highest BCUT2D eigenvalue weighted by Crippen LogP contribution is 2.52. The molecule has 90 valence electrons. The lowest BCUT2D eigenvalue weighted by Crippen LogP contribution is -2.43. The summed E-state index contributed by atoms with van der Waals surface area (Å²) in [5, 5.41) is 0. The molecule has 0 bridgehead atoms. The zero-order chi connectivity index (χ0) is 12.1. The van der Waals surface area contributed by atoms with Crippen LogP contribution >= 0.6 is 0 Å². The summed E-state index contributed by atoms with van der Waals surface area (Å²) in [5.41, 5.74) is -0.499. The standard InChI is InChI=1S/C12H19NO3/c1-7-9-5-8(6-14)13(10(7)9)11(15)16-12(2,3)4/h6-10H,5H2,1-4H3/t7-,8-,9?,10?/m0/s1. The van der Waals surface area contributed by atoms with Crippen LogP contribution in [0.1, 0.15) is 34.1 Å². The third-order valence-electron chi connectivity index (χ3n) is 3.47. The van der Waals surface area contributed by atoms with E-state index in [9.17, 15) is 9.59 Å². The minimum absolute atomic E-state index is 0.227. The van der Waals surface area contributed by atoms with Crippen molar-refractivity contribution in [3.8, 4) is 0 Å². The van der Waals surface area contributed by atoms with E-state index in [1.165, 1.54) is 0 Å². The summed E-state index contributed by atoms with van der Waals surface area (Å²) < 4.78 is 5.33. The van der Waals surface area contributed by atoms with Crippen molar-refractivity contribution in [3.63, 3.8) is 0 Å². The topological polar surface area (TPSA) is 46.6 Å². The van der Waals surface area contributed by atoms with E-state index in [0.717, 1.165) is 12.7 Å². The lowest BCUT2D eigenvalue weighted by Gasteiger charge is -2.28. The molecule has 0 aromatic carbocycles. The molecule has 1 saturated heterocycles. The van der Waals surface area contributed by atoms with Crippen molar-refractivity contribution in [1.29, 1.82) is 0 Å². The van der Waals surface area contributed by atoms with Gasteiger partial charge in [-0.3, -0.25) is 4.90 Å². The monoisotopic (exact) mass is 225 g/mol. The molecule has 1 aliphatic heterocycles. The van der Waals surface area contributed by atoms with E-state index < -0.39 is 5.60 Å². The normalized spacial score (nSPS) is 36.9. The smallest absolute Gasteiger partial charge is 0.411 e. The molecule has 1 heterocycles. The van der Waals surface area contributed by atoms with Crippen molar-refractivity contribution >= 4 is 12.4 Å². The molecule has 2 unspecified atom stereocenters. The number of carbonyl (C=O) groups is 2. The number of hydrogen-bond donors (Lipinski definition) is 0. The first-order valence-electron chi connectivity index (χ1n) is 5.82. The molecule has 1 saturated carbocycles. The summed E-state index contributed by atoms with van der Waals surface area (Å²) >= 11 is 0. The van der Waals surface area contributed by atoms with Gasteiger partial charge in [-0.15, -0.1) is 0 Å². The molecule has 2 rings (SSSR count). The van der Waals surface area contributed by atoms with Crippen LogP contribution in [-0.4, -0.2) is 35.0 Å². The first-order chi connectivity index (χ1) is 7.35. The number of carbonyl (C=O) groups excluding carboxylic acids is 2. The molecule has 4 atom stereocenters. The lowest BCUT2D eigenvalue weighted by atomic mass is 10.1. The average molecular weight is 225 g/mol. The number of rotatable bonds is 1. The third-order valence-corrected chi connectivity index (χ3v) is 3.47. The van der Waals surface area contributed by atoms with Gasteiger partial charge in [0.25, 0.3) is 0 Å². The summed E-state index contributed by atoms with van der Waals surface area (Å²) in [6.45, 7) is 7.63. The van der Waals surface area contributed by atoms with Crippen molar-refractivity contribution in [1.82, 2.24) is 4.90 Å². The number of amides is 1. The van der Waals surface area contributed by atoms with Crippen LogP contribution in [-0.2, 0) is 9.53 Å². The van der Waals surface area contributed by atoms with Gasteiger partial charge in [0, 0.05) is 6.04 Å². The lowest BCUT2D eigenvalue weighted by molar-refractivity contribution is -0.112. The molecule has 1 amide bonds. The van der Waals surface area contributed by atoms with Gasteiger partial charge in [0.2, 0.25) is 0 Å². The van der Waals surface area contributed by atoms with Crippen molar-refractivity contribution in [2.24, 2.45) is 11.8 Å². The average Bonchev–Trinajstić information content (AvgIpc) is 2.62. The summed E-state index contributed by atoms with van der Waals surface area (Å²) in [6.07, 6.45) is 1.32. The molecule has 2 fully saturated rings. The summed E-state index contributed by atoms with van der Waals surface area (Å²) in [7, 11) is 0. The molecule has 0 aromatic rings. The predicted octanol–water partition coefficient (Wildman–Crippen LogP) is 1.83. The number of hydrogen-bond acceptors (Lipinski definition) is 3. The summed E-state index contributed by atoms with van der Waals surface area (Å²) in [4.78, 5) is 24.5. The molecule has 2 aliphatic rings. The van der Waals surface area contributed by atoms with Gasteiger partial charge in [-0.2, -0.15) is 0 Å². The van der Waals surface area contributed by atoms with Crippen LogP contribution in [0.25, 0.3) is 0 Å². The third kappa shape index (κ3) is 1.81. The van der Waals surface area contributed by atoms with Crippen LogP contribution in [0.15, 0.2) is 0 Å². The zero-order valence-corrected chi connectivity index (χ0v) is 10.3. The van der Waals surface area contributed by atoms with Crippen LogP contribution in [0.4, 0.5) is 4.79 Å². The Bertz CT molecular complexity index is 321. The van der Waals surface area contributed by atoms with E-state index in [1.54, 1.807) is 4.90 Å². The molecule has 4 nitrogen and oxygen atoms in total. The van der Waals surface area contributed by atoms with Crippen molar-refractivity contribution < 1.29 is 14.3 Å². The molecular weight excluding hydrogens is 206 g/mol. The fourth-order valence-corrected chi connectivity index (χ4v) is 2.64. The fraction of sp³-hybridized carbons (Fsp3) is 0.833. The second kappa shape index (κ2) is 3.47. The first kappa shape index (κ1) is 11.4. The number of piperidine rings is 1. The van der Waals surface area contributed by atoms with E-state index in [4.69, 9.17) is 4.74 Å². The number of likely N-dealkylation sites (tertiary alicyclic amines) is 1. The van der Waals surface area contributed by atoms with Crippen molar-refractivity contribution in [2.75, 3.05) is 0 Å². The Morgan fingerprint density at radius 2 is 2.06 bits per heavy atom. The van der Waals surface area contributed by atoms with Gasteiger partial charge in [0.15, 0.2) is 0 Å². The largest absolute Gasteiger partial charge is 0.444 e. The predicted molar refractivity (Wildman–Crippen MR) is 59.0 cm³/mol. The molecular formula is C12H19NO3. The minimum Gasteiger partial charge on any atom is -0.444 e. The molecule has 1 aliphatic carbocycles. The Labute approximate surface area is 95.9 Å². The van der Waals surface area contributed by atoms with Gasteiger partial charge >= 0.3 is 6.09 Å². The Hall–Kier alpha value is -1.06. The van der Waals surface area contributed by atoms with Crippen LogP contribution < -0.4 is 0 Å². The summed E-state index contributed by atoms with van der Waals surface area (Å²) in [5.74, 6) is 1.02. The molecule has 0 radical (unpaired) electrons. The second-order valence-electron chi connectivity index (χ2n) is 5.84. The zero-order valence-electron chi connectivity index (χ0n) is 10.3. The number of aldehydes is 1. The van der Waals surface area contributed by atoms with Gasteiger partial charge in [0.1, 0.15) is 11.9 Å². The number of fused-ring (bicyclic) bond motifs is 1. The van der Waals surface area contributed by atoms with Gasteiger partial charge in [-0.1, -0.05) is 6.92 Å². The van der Waals surface area contributed by atoms with E-state index >= 15 is 0 Å². The highest BCUT2D eigenvalue weighted by atomic mass is 16.6. The quantitative estimate of drug-likeness (QED) is 0.640. The highest BCUT2D eigenvalue weighted by molar-refractivity contribution is 5.76. The van der Waals surface area contributed by atoms with Crippen LogP contribution in [0, 0.1) is 11.8 Å². The van der Waals surface area contributed by atoms with Gasteiger partial charge < -0.3 is 9.53 Å².